The number of nitrogens with zero attached hydrogens (tertiary/aromatic N) is 1. The first-order valence-electron chi connectivity index (χ1n) is 8.14. The summed E-state index contributed by atoms with van der Waals surface area (Å²) in [7, 11) is 1.34. The second kappa shape index (κ2) is 7.76. The van der Waals surface area contributed by atoms with Crippen molar-refractivity contribution >= 4 is 17.8 Å². The van der Waals surface area contributed by atoms with Crippen LogP contribution in [0.2, 0.25) is 0 Å². The Labute approximate surface area is 152 Å². The first-order valence-corrected chi connectivity index (χ1v) is 8.14. The van der Waals surface area contributed by atoms with Crippen LogP contribution in [0, 0.1) is 28.8 Å². The van der Waals surface area contributed by atoms with Crippen molar-refractivity contribution < 1.29 is 25.6 Å². The highest BCUT2D eigenvalue weighted by atomic mass is 19.1. The van der Waals surface area contributed by atoms with Gasteiger partial charge in [-0.1, -0.05) is 6.92 Å². The molecule has 0 saturated heterocycles. The molecule has 1 aliphatic rings. The molecule has 2 rings (SSSR count). The van der Waals surface area contributed by atoms with Crippen LogP contribution in [-0.4, -0.2) is 31.4 Å². The highest BCUT2D eigenvalue weighted by Crippen LogP contribution is 2.47. The van der Waals surface area contributed by atoms with E-state index in [1.54, 1.807) is 6.92 Å². The maximum atomic E-state index is 14.0. The number of aliphatic imine (C=N–C) groups is 1. The molecular formula is C17H25F3N4O2. The maximum absolute atomic E-state index is 14.0. The van der Waals surface area contributed by atoms with Crippen molar-refractivity contribution in [1.29, 1.82) is 0 Å². The van der Waals surface area contributed by atoms with E-state index in [4.69, 9.17) is 5.73 Å². The van der Waals surface area contributed by atoms with Gasteiger partial charge in [-0.3, -0.25) is 4.79 Å². The first-order chi connectivity index (χ1) is 12.2. The van der Waals surface area contributed by atoms with Gasteiger partial charge in [0.25, 0.3) is 5.91 Å². The van der Waals surface area contributed by atoms with E-state index >= 15 is 0 Å². The molecule has 1 unspecified atom stereocenters. The van der Waals surface area contributed by atoms with Gasteiger partial charge in [0.1, 0.15) is 17.5 Å². The number of amides is 3. The molecule has 6 nitrogen and oxygen atoms in total. The van der Waals surface area contributed by atoms with Crippen molar-refractivity contribution in [3.8, 4) is 0 Å². The summed E-state index contributed by atoms with van der Waals surface area (Å²) in [5.74, 6) is -4.00. The fraction of sp³-hybridized carbons (Fsp3) is 0.471. The molecule has 26 heavy (non-hydrogen) atoms. The second-order valence-electron chi connectivity index (χ2n) is 6.69. The number of carbonyl (C=O) groups excluding carboxylic acids is 2. The lowest BCUT2D eigenvalue weighted by molar-refractivity contribution is -0.115. The van der Waals surface area contributed by atoms with E-state index in [0.717, 1.165) is 12.8 Å². The second-order valence-corrected chi connectivity index (χ2v) is 6.69. The highest BCUT2D eigenvalue weighted by molar-refractivity contribution is 6.38. The Morgan fingerprint density at radius 3 is 2.38 bits per heavy atom. The van der Waals surface area contributed by atoms with Crippen LogP contribution in [0.4, 0.5) is 18.0 Å². The van der Waals surface area contributed by atoms with Crippen LogP contribution in [0.1, 0.15) is 28.2 Å². The van der Waals surface area contributed by atoms with Crippen LogP contribution >= 0.6 is 0 Å². The van der Waals surface area contributed by atoms with E-state index in [-0.39, 0.29) is 27.3 Å². The lowest BCUT2D eigenvalue weighted by Crippen LogP contribution is -2.44. The average Bonchev–Trinajstić information content (AvgIpc) is 3.41. The van der Waals surface area contributed by atoms with Crippen LogP contribution in [0.3, 0.4) is 0 Å². The van der Waals surface area contributed by atoms with Crippen molar-refractivity contribution in [2.24, 2.45) is 22.1 Å². The Morgan fingerprint density at radius 2 is 1.88 bits per heavy atom. The van der Waals surface area contributed by atoms with Gasteiger partial charge in [-0.05, 0) is 30.6 Å². The predicted octanol–water partition coefficient (Wildman–Crippen LogP) is 2.37. The molecule has 1 fully saturated rings. The molecule has 0 aliphatic heterocycles. The van der Waals surface area contributed by atoms with Gasteiger partial charge < -0.3 is 16.4 Å². The number of benzene rings is 1. The fourth-order valence-corrected chi connectivity index (χ4v) is 2.87. The van der Waals surface area contributed by atoms with Gasteiger partial charge in [-0.2, -0.15) is 4.99 Å². The van der Waals surface area contributed by atoms with Crippen molar-refractivity contribution in [2.75, 3.05) is 13.6 Å². The van der Waals surface area contributed by atoms with E-state index in [9.17, 15) is 22.8 Å². The Bertz CT molecular complexity index is 737. The van der Waals surface area contributed by atoms with E-state index in [1.807, 2.05) is 0 Å². The van der Waals surface area contributed by atoms with E-state index < -0.39 is 40.6 Å². The van der Waals surface area contributed by atoms with E-state index in [1.165, 1.54) is 7.05 Å². The van der Waals surface area contributed by atoms with Crippen molar-refractivity contribution in [3.05, 3.63) is 35.1 Å². The van der Waals surface area contributed by atoms with Crippen LogP contribution in [-0.2, 0) is 11.2 Å². The zero-order valence-electron chi connectivity index (χ0n) is 14.5. The summed E-state index contributed by atoms with van der Waals surface area (Å²) in [5, 5.41) is 4.75. The molecular weight excluding hydrogens is 349 g/mol. The quantitative estimate of drug-likeness (QED) is 0.545. The fourth-order valence-electron chi connectivity index (χ4n) is 2.87. The molecule has 9 heteroatoms. The molecule has 1 aliphatic carbocycles. The number of nitrogens with one attached hydrogen (secondary N) is 2. The number of nitrogens with two attached hydrogens (primary N) is 1. The molecule has 1 aromatic carbocycles. The molecule has 0 spiro atoms. The molecule has 3 amide bonds. The van der Waals surface area contributed by atoms with Crippen LogP contribution in [0.5, 0.6) is 0 Å². The first kappa shape index (κ1) is 19.7. The third-order valence-electron chi connectivity index (χ3n) is 4.57. The number of carbonyl (C=O) groups is 2. The third-order valence-corrected chi connectivity index (χ3v) is 4.57. The monoisotopic (exact) mass is 374 g/mol. The van der Waals surface area contributed by atoms with Gasteiger partial charge in [0.2, 0.25) is 0 Å². The molecule has 0 radical (unpaired) electrons. The third kappa shape index (κ3) is 4.74. The van der Waals surface area contributed by atoms with Gasteiger partial charge in [0, 0.05) is 34.1 Å². The Morgan fingerprint density at radius 1 is 1.31 bits per heavy atom. The Balaban J connectivity index is 0.00000364. The number of hydrogen-bond donors (Lipinski definition) is 3. The minimum absolute atomic E-state index is 0. The Kier molecular flexibility index (Phi) is 5.89. The Hall–Kier alpha value is -2.58. The lowest BCUT2D eigenvalue weighted by atomic mass is 9.78. The van der Waals surface area contributed by atoms with Crippen molar-refractivity contribution in [1.82, 2.24) is 10.6 Å². The molecule has 0 bridgehead atoms. The van der Waals surface area contributed by atoms with E-state index in [0.29, 0.717) is 12.1 Å². The van der Waals surface area contributed by atoms with Crippen LogP contribution < -0.4 is 16.4 Å². The maximum Gasteiger partial charge on any atom is 0.342 e. The van der Waals surface area contributed by atoms with Crippen LogP contribution in [0.15, 0.2) is 17.1 Å². The topological polar surface area (TPSA) is 96.6 Å². The van der Waals surface area contributed by atoms with Crippen LogP contribution in [0.25, 0.3) is 0 Å². The summed E-state index contributed by atoms with van der Waals surface area (Å²) in [5.41, 5.74) is 4.58. The minimum Gasteiger partial charge on any atom is -0.379 e. The average molecular weight is 374 g/mol. The summed E-state index contributed by atoms with van der Waals surface area (Å²) in [4.78, 5) is 26.4. The number of hydrogen-bond acceptors (Lipinski definition) is 2. The number of urea groups is 1. The predicted molar refractivity (Wildman–Crippen MR) is 94.2 cm³/mol. The molecule has 0 aromatic heterocycles. The highest BCUT2D eigenvalue weighted by Gasteiger charge is 2.42. The summed E-state index contributed by atoms with van der Waals surface area (Å²) in [6, 6.07) is 0.509. The molecule has 146 valence electrons. The summed E-state index contributed by atoms with van der Waals surface area (Å²) in [6.07, 6.45) is 1.71. The van der Waals surface area contributed by atoms with E-state index in [2.05, 4.69) is 15.6 Å². The number of halogens is 3. The summed E-state index contributed by atoms with van der Waals surface area (Å²) in [6.45, 7) is 1.87. The van der Waals surface area contributed by atoms with Crippen molar-refractivity contribution in [3.63, 3.8) is 0 Å². The molecule has 0 heterocycles. The minimum atomic E-state index is -0.983. The smallest absolute Gasteiger partial charge is 0.342 e. The molecule has 4 N–H and O–H groups in total. The van der Waals surface area contributed by atoms with Gasteiger partial charge in [-0.15, -0.1) is 0 Å². The van der Waals surface area contributed by atoms with Crippen molar-refractivity contribution in [2.45, 2.75) is 26.2 Å². The SMILES string of the molecule is CNC(=O)/N=C(\N)C(=O)NCC(C)(Cc1c(F)cc(F)cc1F)C1CC1.[HH].[HH]. The van der Waals surface area contributed by atoms with Gasteiger partial charge >= 0.3 is 6.03 Å². The molecule has 1 atom stereocenters. The number of rotatable bonds is 5. The lowest BCUT2D eigenvalue weighted by Gasteiger charge is -2.30. The zero-order valence-corrected chi connectivity index (χ0v) is 14.5. The van der Waals surface area contributed by atoms with Gasteiger partial charge in [0.05, 0.1) is 0 Å². The van der Waals surface area contributed by atoms with Gasteiger partial charge in [-0.25, -0.2) is 18.0 Å². The zero-order chi connectivity index (χ0) is 19.5. The number of amidine groups is 1. The standard InChI is InChI=1S/C17H21F3N4O2.2H2/c1-17(9-3-4-9,7-11-12(19)5-10(18)6-13(11)20)8-23-15(25)14(21)24-16(26)22-2;;/h5-6,9H,3-4,7-8H2,1-2H3,(H,23,25)(H3,21,22,24,26);2*1H. The molecule has 1 aromatic rings. The summed E-state index contributed by atoms with van der Waals surface area (Å²) < 4.78 is 41.1. The molecule has 1 saturated carbocycles. The normalized spacial score (nSPS) is 16.7. The largest absolute Gasteiger partial charge is 0.379 e. The van der Waals surface area contributed by atoms with Gasteiger partial charge in [0.15, 0.2) is 5.84 Å². The summed E-state index contributed by atoms with van der Waals surface area (Å²) >= 11 is 0.